The normalized spacial score (nSPS) is 28.7. The number of fused-ring (bicyclic) bond motifs is 1. The molecule has 0 bridgehead atoms. The van der Waals surface area contributed by atoms with E-state index in [2.05, 4.69) is 4.98 Å². The molecule has 1 aromatic heterocycles. The molecule has 1 aromatic rings. The Labute approximate surface area is 127 Å². The zero-order valence-corrected chi connectivity index (χ0v) is 12.9. The minimum Gasteiger partial charge on any atom is -0.459 e. The number of aromatic nitrogens is 1. The van der Waals surface area contributed by atoms with E-state index < -0.39 is 0 Å². The summed E-state index contributed by atoms with van der Waals surface area (Å²) in [6.07, 6.45) is 10.5. The Morgan fingerprint density at radius 2 is 2.05 bits per heavy atom. The van der Waals surface area contributed by atoms with Crippen LogP contribution in [-0.2, 0) is 16.1 Å². The first kappa shape index (κ1) is 14.6. The van der Waals surface area contributed by atoms with Crippen molar-refractivity contribution in [3.63, 3.8) is 0 Å². The minimum absolute atomic E-state index is 0.0117. The molecule has 1 heterocycles. The number of esters is 1. The van der Waals surface area contributed by atoms with Gasteiger partial charge in [0, 0.05) is 6.20 Å². The van der Waals surface area contributed by atoms with Gasteiger partial charge in [0.25, 0.3) is 0 Å². The van der Waals surface area contributed by atoms with E-state index in [1.165, 1.54) is 32.1 Å². The molecule has 2 saturated carbocycles. The fourth-order valence-corrected chi connectivity index (χ4v) is 4.03. The maximum Gasteiger partial charge on any atom is 0.309 e. The second kappa shape index (κ2) is 6.59. The third-order valence-corrected chi connectivity index (χ3v) is 5.21. The van der Waals surface area contributed by atoms with Crippen LogP contribution in [-0.4, -0.2) is 11.0 Å². The van der Waals surface area contributed by atoms with Crippen molar-refractivity contribution in [2.75, 3.05) is 0 Å². The van der Waals surface area contributed by atoms with Crippen LogP contribution in [0.3, 0.4) is 0 Å². The zero-order valence-electron chi connectivity index (χ0n) is 12.9. The lowest BCUT2D eigenvalue weighted by Crippen LogP contribution is -2.32. The molecule has 0 aliphatic heterocycles. The van der Waals surface area contributed by atoms with Crippen molar-refractivity contribution in [1.82, 2.24) is 4.98 Å². The molecule has 2 aliphatic rings. The lowest BCUT2D eigenvalue weighted by molar-refractivity contribution is -0.152. The first-order valence-electron chi connectivity index (χ1n) is 8.30. The number of nitrogens with zero attached hydrogens (tertiary/aromatic N) is 1. The van der Waals surface area contributed by atoms with Gasteiger partial charge in [-0.05, 0) is 55.7 Å². The predicted octanol–water partition coefficient (Wildman–Crippen LogP) is 4.04. The number of carbonyl (C=O) groups is 1. The Balaban J connectivity index is 1.51. The maximum absolute atomic E-state index is 12.3. The largest absolute Gasteiger partial charge is 0.459 e. The number of pyridine rings is 1. The molecule has 3 unspecified atom stereocenters. The van der Waals surface area contributed by atoms with Crippen LogP contribution in [0.25, 0.3) is 0 Å². The Kier molecular flexibility index (Phi) is 4.57. The predicted molar refractivity (Wildman–Crippen MR) is 81.6 cm³/mol. The summed E-state index contributed by atoms with van der Waals surface area (Å²) in [6, 6.07) is 3.93. The van der Waals surface area contributed by atoms with E-state index in [9.17, 15) is 4.79 Å². The molecular weight excluding hydrogens is 262 g/mol. The van der Waals surface area contributed by atoms with Gasteiger partial charge in [0.1, 0.15) is 6.61 Å². The van der Waals surface area contributed by atoms with Crippen molar-refractivity contribution in [2.45, 2.75) is 58.5 Å². The van der Waals surface area contributed by atoms with Crippen LogP contribution < -0.4 is 0 Å². The number of rotatable bonds is 3. The highest BCUT2D eigenvalue weighted by atomic mass is 16.5. The van der Waals surface area contributed by atoms with Crippen LogP contribution >= 0.6 is 0 Å². The van der Waals surface area contributed by atoms with Gasteiger partial charge in [0.15, 0.2) is 0 Å². The third-order valence-electron chi connectivity index (χ3n) is 5.21. The second-order valence-electron chi connectivity index (χ2n) is 6.75. The number of aryl methyl sites for hydroxylation is 1. The van der Waals surface area contributed by atoms with Crippen LogP contribution in [0.15, 0.2) is 18.3 Å². The fraction of sp³-hybridized carbons (Fsp3) is 0.667. The Hall–Kier alpha value is -1.38. The van der Waals surface area contributed by atoms with Crippen LogP contribution in [0.1, 0.15) is 56.2 Å². The molecule has 114 valence electrons. The van der Waals surface area contributed by atoms with Crippen LogP contribution in [0.4, 0.5) is 0 Å². The Morgan fingerprint density at radius 3 is 2.86 bits per heavy atom. The monoisotopic (exact) mass is 287 g/mol. The van der Waals surface area contributed by atoms with Crippen molar-refractivity contribution in [3.05, 3.63) is 29.6 Å². The van der Waals surface area contributed by atoms with E-state index in [4.69, 9.17) is 4.74 Å². The van der Waals surface area contributed by atoms with Crippen molar-refractivity contribution in [1.29, 1.82) is 0 Å². The molecule has 0 amide bonds. The fourth-order valence-electron chi connectivity index (χ4n) is 4.03. The molecule has 21 heavy (non-hydrogen) atoms. The molecule has 2 aliphatic carbocycles. The number of hydrogen-bond acceptors (Lipinski definition) is 3. The summed E-state index contributed by atoms with van der Waals surface area (Å²) in [6.45, 7) is 2.34. The molecule has 3 atom stereocenters. The third kappa shape index (κ3) is 3.63. The van der Waals surface area contributed by atoms with Crippen molar-refractivity contribution < 1.29 is 9.53 Å². The van der Waals surface area contributed by atoms with E-state index >= 15 is 0 Å². The van der Waals surface area contributed by atoms with Crippen LogP contribution in [0.5, 0.6) is 0 Å². The minimum atomic E-state index is -0.0117. The van der Waals surface area contributed by atoms with E-state index in [0.29, 0.717) is 6.61 Å². The number of carbonyl (C=O) groups excluding carboxylic acids is 1. The lowest BCUT2D eigenvalue weighted by atomic mass is 9.67. The van der Waals surface area contributed by atoms with Gasteiger partial charge in [-0.1, -0.05) is 25.7 Å². The van der Waals surface area contributed by atoms with E-state index in [0.717, 1.165) is 35.9 Å². The number of ether oxygens (including phenoxy) is 1. The average molecular weight is 287 g/mol. The first-order chi connectivity index (χ1) is 10.2. The average Bonchev–Trinajstić information content (AvgIpc) is 2.52. The van der Waals surface area contributed by atoms with Crippen molar-refractivity contribution >= 4 is 5.97 Å². The second-order valence-corrected chi connectivity index (χ2v) is 6.75. The van der Waals surface area contributed by atoms with E-state index in [1.54, 1.807) is 6.20 Å². The Bertz CT molecular complexity index is 500. The number of hydrogen-bond donors (Lipinski definition) is 0. The van der Waals surface area contributed by atoms with Gasteiger partial charge < -0.3 is 4.74 Å². The summed E-state index contributed by atoms with van der Waals surface area (Å²) in [5.74, 6) is 1.75. The van der Waals surface area contributed by atoms with Gasteiger partial charge in [-0.3, -0.25) is 9.78 Å². The lowest BCUT2D eigenvalue weighted by Gasteiger charge is -2.38. The highest BCUT2D eigenvalue weighted by Crippen LogP contribution is 2.42. The van der Waals surface area contributed by atoms with Gasteiger partial charge in [0.2, 0.25) is 0 Å². The molecule has 0 N–H and O–H groups in total. The summed E-state index contributed by atoms with van der Waals surface area (Å²) in [7, 11) is 0. The molecule has 3 rings (SSSR count). The topological polar surface area (TPSA) is 39.2 Å². The molecule has 3 nitrogen and oxygen atoms in total. The van der Waals surface area contributed by atoms with Gasteiger partial charge >= 0.3 is 5.97 Å². The highest BCUT2D eigenvalue weighted by molar-refractivity contribution is 5.72. The van der Waals surface area contributed by atoms with E-state index in [1.807, 2.05) is 19.1 Å². The first-order valence-corrected chi connectivity index (χ1v) is 8.30. The standard InChI is InChI=1S/C18H25NO2/c1-13-8-9-19-17(10-13)12-21-18(20)16-7-6-14-4-2-3-5-15(14)11-16/h8-10,14-16H,2-7,11-12H2,1H3. The smallest absolute Gasteiger partial charge is 0.309 e. The van der Waals surface area contributed by atoms with Crippen LogP contribution in [0, 0.1) is 24.7 Å². The van der Waals surface area contributed by atoms with Gasteiger partial charge in [-0.25, -0.2) is 0 Å². The molecular formula is C18H25NO2. The summed E-state index contributed by atoms with van der Waals surface area (Å²) in [5.41, 5.74) is 1.99. The van der Waals surface area contributed by atoms with Crippen LogP contribution in [0.2, 0.25) is 0 Å². The quantitative estimate of drug-likeness (QED) is 0.788. The van der Waals surface area contributed by atoms with Gasteiger partial charge in [-0.2, -0.15) is 0 Å². The van der Waals surface area contributed by atoms with Gasteiger partial charge in [-0.15, -0.1) is 0 Å². The molecule has 0 saturated heterocycles. The summed E-state index contributed by atoms with van der Waals surface area (Å²) < 4.78 is 5.50. The zero-order chi connectivity index (χ0) is 14.7. The van der Waals surface area contributed by atoms with Gasteiger partial charge in [0.05, 0.1) is 11.6 Å². The summed E-state index contributed by atoms with van der Waals surface area (Å²) >= 11 is 0. The van der Waals surface area contributed by atoms with E-state index in [-0.39, 0.29) is 11.9 Å². The Morgan fingerprint density at radius 1 is 1.24 bits per heavy atom. The molecule has 0 radical (unpaired) electrons. The molecule has 2 fully saturated rings. The summed E-state index contributed by atoms with van der Waals surface area (Å²) in [5, 5.41) is 0. The maximum atomic E-state index is 12.3. The van der Waals surface area contributed by atoms with Crippen molar-refractivity contribution in [2.24, 2.45) is 17.8 Å². The summed E-state index contributed by atoms with van der Waals surface area (Å²) in [4.78, 5) is 16.5. The van der Waals surface area contributed by atoms with Crippen molar-refractivity contribution in [3.8, 4) is 0 Å². The molecule has 0 spiro atoms. The highest BCUT2D eigenvalue weighted by Gasteiger charge is 2.35. The molecule has 3 heteroatoms. The molecule has 0 aromatic carbocycles. The SMILES string of the molecule is Cc1ccnc(COC(=O)C2CCC3CCCCC3C2)c1.